The molecule has 2 unspecified atom stereocenters. The van der Waals surface area contributed by atoms with Crippen molar-refractivity contribution in [2.75, 3.05) is 11.9 Å². The molecule has 1 aliphatic rings. The van der Waals surface area contributed by atoms with E-state index in [1.54, 1.807) is 12.1 Å². The highest BCUT2D eigenvalue weighted by Crippen LogP contribution is 2.18. The van der Waals surface area contributed by atoms with Gasteiger partial charge in [0.15, 0.2) is 0 Å². The number of rotatable bonds is 4. The van der Waals surface area contributed by atoms with Crippen molar-refractivity contribution in [3.05, 3.63) is 30.1 Å². The maximum Gasteiger partial charge on any atom is 0.238 e. The number of hydrogen-bond donors (Lipinski definition) is 3. The van der Waals surface area contributed by atoms with Gasteiger partial charge in [-0.15, -0.1) is 0 Å². The summed E-state index contributed by atoms with van der Waals surface area (Å²) in [6.45, 7) is 0.123. The Morgan fingerprint density at radius 3 is 2.89 bits per heavy atom. The average Bonchev–Trinajstić information content (AvgIpc) is 2.38. The van der Waals surface area contributed by atoms with Crippen LogP contribution < -0.4 is 10.6 Å². The summed E-state index contributed by atoms with van der Waals surface area (Å²) >= 11 is 0. The predicted molar refractivity (Wildman–Crippen MR) is 71.3 cm³/mol. The largest absolute Gasteiger partial charge is 0.392 e. The second-order valence-electron chi connectivity index (χ2n) is 4.90. The maximum atomic E-state index is 12.9. The third kappa shape index (κ3) is 4.29. The molecule has 0 heterocycles. The van der Waals surface area contributed by atoms with Crippen molar-refractivity contribution >= 4 is 11.6 Å². The Morgan fingerprint density at radius 1 is 1.37 bits per heavy atom. The van der Waals surface area contributed by atoms with Gasteiger partial charge < -0.3 is 15.7 Å². The van der Waals surface area contributed by atoms with Gasteiger partial charge in [-0.1, -0.05) is 18.9 Å². The highest BCUT2D eigenvalue weighted by atomic mass is 19.1. The van der Waals surface area contributed by atoms with Gasteiger partial charge >= 0.3 is 0 Å². The molecule has 1 aromatic rings. The van der Waals surface area contributed by atoms with Crippen LogP contribution >= 0.6 is 0 Å². The summed E-state index contributed by atoms with van der Waals surface area (Å²) in [5.41, 5.74) is 0.441. The van der Waals surface area contributed by atoms with Crippen molar-refractivity contribution < 1.29 is 14.3 Å². The van der Waals surface area contributed by atoms with E-state index in [0.717, 1.165) is 25.7 Å². The van der Waals surface area contributed by atoms with E-state index in [1.807, 2.05) is 0 Å². The Labute approximate surface area is 112 Å². The van der Waals surface area contributed by atoms with Crippen LogP contribution in [0, 0.1) is 5.82 Å². The van der Waals surface area contributed by atoms with Crippen molar-refractivity contribution in [2.45, 2.75) is 37.8 Å². The molecule has 0 aliphatic heterocycles. The second kappa shape index (κ2) is 6.63. The molecule has 0 spiro atoms. The van der Waals surface area contributed by atoms with Gasteiger partial charge in [-0.05, 0) is 31.0 Å². The molecule has 4 nitrogen and oxygen atoms in total. The van der Waals surface area contributed by atoms with Crippen LogP contribution in [0.1, 0.15) is 25.7 Å². The van der Waals surface area contributed by atoms with Gasteiger partial charge in [-0.2, -0.15) is 0 Å². The number of nitrogens with one attached hydrogen (secondary N) is 2. The highest BCUT2D eigenvalue weighted by molar-refractivity contribution is 5.92. The topological polar surface area (TPSA) is 61.4 Å². The van der Waals surface area contributed by atoms with E-state index < -0.39 is 0 Å². The zero-order chi connectivity index (χ0) is 13.7. The SMILES string of the molecule is O=C(CNC1CCCCC1O)Nc1cccc(F)c1. The van der Waals surface area contributed by atoms with E-state index in [4.69, 9.17) is 0 Å². The van der Waals surface area contributed by atoms with Crippen LogP contribution in [0.2, 0.25) is 0 Å². The number of benzene rings is 1. The predicted octanol–water partition coefficient (Wildman–Crippen LogP) is 1.66. The summed E-state index contributed by atoms with van der Waals surface area (Å²) < 4.78 is 12.9. The quantitative estimate of drug-likeness (QED) is 0.776. The van der Waals surface area contributed by atoms with E-state index in [-0.39, 0.29) is 30.4 Å². The molecule has 0 bridgehead atoms. The molecule has 104 valence electrons. The zero-order valence-corrected chi connectivity index (χ0v) is 10.7. The van der Waals surface area contributed by atoms with E-state index >= 15 is 0 Å². The fraction of sp³-hybridized carbons (Fsp3) is 0.500. The summed E-state index contributed by atoms with van der Waals surface area (Å²) in [7, 11) is 0. The molecule has 1 aromatic carbocycles. The molecule has 3 N–H and O–H groups in total. The Bertz CT molecular complexity index is 439. The molecule has 5 heteroatoms. The van der Waals surface area contributed by atoms with Gasteiger partial charge in [0.25, 0.3) is 0 Å². The lowest BCUT2D eigenvalue weighted by molar-refractivity contribution is -0.115. The van der Waals surface area contributed by atoms with Crippen LogP contribution in [0.3, 0.4) is 0 Å². The summed E-state index contributed by atoms with van der Waals surface area (Å²) in [5, 5.41) is 15.4. The number of aliphatic hydroxyl groups excluding tert-OH is 1. The fourth-order valence-electron chi connectivity index (χ4n) is 2.34. The first-order valence-electron chi connectivity index (χ1n) is 6.62. The smallest absolute Gasteiger partial charge is 0.238 e. The normalized spacial score (nSPS) is 23.1. The monoisotopic (exact) mass is 266 g/mol. The zero-order valence-electron chi connectivity index (χ0n) is 10.7. The molecular formula is C14H19FN2O2. The van der Waals surface area contributed by atoms with Crippen molar-refractivity contribution in [1.82, 2.24) is 5.32 Å². The Kier molecular flexibility index (Phi) is 4.87. The minimum absolute atomic E-state index is 0.0213. The summed E-state index contributed by atoms with van der Waals surface area (Å²) in [6, 6.07) is 5.76. The summed E-state index contributed by atoms with van der Waals surface area (Å²) in [4.78, 5) is 11.7. The number of anilines is 1. The summed E-state index contributed by atoms with van der Waals surface area (Å²) in [5.74, 6) is -0.614. The van der Waals surface area contributed by atoms with Crippen LogP contribution in [-0.2, 0) is 4.79 Å². The molecule has 1 amide bonds. The fourth-order valence-corrected chi connectivity index (χ4v) is 2.34. The number of carbonyl (C=O) groups excluding carboxylic acids is 1. The lowest BCUT2D eigenvalue weighted by atomic mass is 9.93. The first-order valence-corrected chi connectivity index (χ1v) is 6.62. The van der Waals surface area contributed by atoms with Crippen molar-refractivity contribution in [2.24, 2.45) is 0 Å². The molecule has 2 atom stereocenters. The molecule has 0 radical (unpaired) electrons. The Hall–Kier alpha value is -1.46. The Balaban J connectivity index is 1.78. The van der Waals surface area contributed by atoms with Crippen LogP contribution in [-0.4, -0.2) is 29.7 Å². The van der Waals surface area contributed by atoms with Crippen LogP contribution in [0.4, 0.5) is 10.1 Å². The van der Waals surface area contributed by atoms with Gasteiger partial charge in [-0.3, -0.25) is 4.79 Å². The molecule has 1 fully saturated rings. The van der Waals surface area contributed by atoms with Gasteiger partial charge in [0, 0.05) is 11.7 Å². The van der Waals surface area contributed by atoms with Gasteiger partial charge in [0.1, 0.15) is 5.82 Å². The number of hydrogen-bond acceptors (Lipinski definition) is 3. The molecule has 1 saturated carbocycles. The first-order chi connectivity index (χ1) is 9.15. The molecule has 0 aromatic heterocycles. The number of amides is 1. The molecular weight excluding hydrogens is 247 g/mol. The van der Waals surface area contributed by atoms with Gasteiger partial charge in [-0.25, -0.2) is 4.39 Å². The highest BCUT2D eigenvalue weighted by Gasteiger charge is 2.22. The average molecular weight is 266 g/mol. The lowest BCUT2D eigenvalue weighted by Crippen LogP contribution is -2.45. The number of halogens is 1. The first kappa shape index (κ1) is 14.0. The molecule has 0 saturated heterocycles. The van der Waals surface area contributed by atoms with E-state index in [0.29, 0.717) is 5.69 Å². The van der Waals surface area contributed by atoms with Crippen LogP contribution in [0.5, 0.6) is 0 Å². The third-order valence-corrected chi connectivity index (χ3v) is 3.36. The molecule has 1 aliphatic carbocycles. The molecule has 19 heavy (non-hydrogen) atoms. The molecule has 2 rings (SSSR count). The van der Waals surface area contributed by atoms with E-state index in [1.165, 1.54) is 12.1 Å². The number of carbonyl (C=O) groups is 1. The van der Waals surface area contributed by atoms with Crippen molar-refractivity contribution in [1.29, 1.82) is 0 Å². The Morgan fingerprint density at radius 2 is 2.16 bits per heavy atom. The van der Waals surface area contributed by atoms with Crippen LogP contribution in [0.25, 0.3) is 0 Å². The van der Waals surface area contributed by atoms with E-state index in [9.17, 15) is 14.3 Å². The standard InChI is InChI=1S/C14H19FN2O2/c15-10-4-3-5-11(8-10)17-14(19)9-16-12-6-1-2-7-13(12)18/h3-5,8,12-13,16,18H,1-2,6-7,9H2,(H,17,19). The maximum absolute atomic E-state index is 12.9. The van der Waals surface area contributed by atoms with Gasteiger partial charge in [0.05, 0.1) is 12.6 Å². The summed E-state index contributed by atoms with van der Waals surface area (Å²) in [6.07, 6.45) is 3.39. The van der Waals surface area contributed by atoms with Crippen molar-refractivity contribution in [3.63, 3.8) is 0 Å². The third-order valence-electron chi connectivity index (χ3n) is 3.36. The lowest BCUT2D eigenvalue weighted by Gasteiger charge is -2.28. The van der Waals surface area contributed by atoms with Gasteiger partial charge in [0.2, 0.25) is 5.91 Å². The van der Waals surface area contributed by atoms with Crippen molar-refractivity contribution in [3.8, 4) is 0 Å². The minimum Gasteiger partial charge on any atom is -0.392 e. The number of aliphatic hydroxyl groups is 1. The van der Waals surface area contributed by atoms with Crippen LogP contribution in [0.15, 0.2) is 24.3 Å². The van der Waals surface area contributed by atoms with E-state index in [2.05, 4.69) is 10.6 Å². The minimum atomic E-state index is -0.381. The second-order valence-corrected chi connectivity index (χ2v) is 4.90.